The number of ether oxygens (including phenoxy) is 6. The molecule has 0 fully saturated rings. The lowest BCUT2D eigenvalue weighted by Crippen LogP contribution is -2.58. The van der Waals surface area contributed by atoms with Gasteiger partial charge in [-0.15, -0.1) is 22.7 Å². The van der Waals surface area contributed by atoms with Crippen LogP contribution in [0.15, 0.2) is 273 Å². The molecule has 10 aromatic carbocycles. The van der Waals surface area contributed by atoms with E-state index in [0.29, 0.717) is 39.6 Å². The third-order valence-corrected chi connectivity index (χ3v) is 62.1. The first-order valence-corrected chi connectivity index (χ1v) is 80.3. The standard InChI is InChI=1S/C114H150O12S6Si8/c1-19-115-97-65-53-91(54-66-97)87-45-49-89(50-46-87)93-57-69-99(70-58-93)117-77-33-21-25-37-81-137(15,121-133(3,4)5)125-139(17,123-135(9,10)11)83-39-27-23-35-79-119-101-73-61-95(62-74-101)103-85-127-111(113-129-105-41-29-30-42-106(105)130-113)109(103)110-104(86-128-112(110)114-131-107-43-31-32-44-108(107)132-114)96-63-75-102(76-64-96)120-80-36-24-28-40-84-140(18,124-136(12,13)14)126-138(16,122-134(6,7)8)82-38-26-22-34-78-118-100-71-59-94(60-72-100)90-51-47-88(48-52-90)92-55-67-98(68-56-92)116-20-2/h29-32,41-76,85-86,113-114H,19-28,33-40,77-84H2,1-18H3/p+2. The van der Waals surface area contributed by atoms with Crippen LogP contribution in [0.25, 0.3) is 77.9 Å². The molecular formula is C114H152O12S6Si8+2. The van der Waals surface area contributed by atoms with Gasteiger partial charge in [-0.1, -0.05) is 246 Å². The van der Waals surface area contributed by atoms with Crippen LogP contribution >= 0.6 is 46.2 Å². The summed E-state index contributed by atoms with van der Waals surface area (Å²) in [7, 11) is -18.2. The van der Waals surface area contributed by atoms with E-state index in [1.807, 2.05) is 84.3 Å². The topological polar surface area (TPSA) is 111 Å². The van der Waals surface area contributed by atoms with Gasteiger partial charge in [0.15, 0.2) is 43.1 Å². The lowest BCUT2D eigenvalue weighted by atomic mass is 9.92. The van der Waals surface area contributed by atoms with Crippen molar-refractivity contribution in [3.63, 3.8) is 0 Å². The Morgan fingerprint density at radius 1 is 0.236 bits per heavy atom. The van der Waals surface area contributed by atoms with Crippen molar-refractivity contribution >= 4 is 137 Å². The molecule has 2 aromatic heterocycles. The number of thiophene rings is 2. The van der Waals surface area contributed by atoms with E-state index < -0.39 is 67.5 Å². The van der Waals surface area contributed by atoms with Gasteiger partial charge in [-0.05, 0) is 332 Å². The van der Waals surface area contributed by atoms with Crippen molar-refractivity contribution in [2.75, 3.05) is 39.6 Å². The Labute approximate surface area is 871 Å². The Bertz CT molecular complexity index is 5430. The number of rotatable bonds is 57. The van der Waals surface area contributed by atoms with Crippen molar-refractivity contribution in [2.45, 2.75) is 274 Å². The van der Waals surface area contributed by atoms with E-state index in [9.17, 15) is 0 Å². The van der Waals surface area contributed by atoms with E-state index in [2.05, 4.69) is 334 Å². The highest BCUT2D eigenvalue weighted by Gasteiger charge is 2.49. The van der Waals surface area contributed by atoms with Crippen LogP contribution in [0.1, 0.15) is 135 Å². The van der Waals surface area contributed by atoms with Gasteiger partial charge in [-0.2, -0.15) is 0 Å². The average molecular weight is 2130 g/mol. The molecular weight excluding hydrogens is 1980 g/mol. The largest absolute Gasteiger partial charge is 0.494 e. The van der Waals surface area contributed by atoms with Crippen LogP contribution in [0.4, 0.5) is 0 Å². The summed E-state index contributed by atoms with van der Waals surface area (Å²) in [4.78, 5) is 8.43. The van der Waals surface area contributed by atoms with E-state index in [0.717, 1.165) is 161 Å². The minimum Gasteiger partial charge on any atom is -0.494 e. The Balaban J connectivity index is 0.553. The van der Waals surface area contributed by atoms with Crippen molar-refractivity contribution in [2.24, 2.45) is 0 Å². The van der Waals surface area contributed by atoms with Crippen LogP contribution in [0.5, 0.6) is 34.5 Å². The number of thioether (sulfide) groups is 2. The zero-order chi connectivity index (χ0) is 99.0. The Hall–Kier alpha value is -6.70. The maximum absolute atomic E-state index is 7.52. The molecule has 26 heteroatoms. The minimum absolute atomic E-state index is 0.262. The Kier molecular flexibility index (Phi) is 39.8. The van der Waals surface area contributed by atoms with Gasteiger partial charge in [0.05, 0.1) is 59.2 Å². The van der Waals surface area contributed by atoms with Crippen molar-refractivity contribution in [1.29, 1.82) is 0 Å². The third kappa shape index (κ3) is 33.2. The molecule has 0 amide bonds. The van der Waals surface area contributed by atoms with Crippen LogP contribution in [0.2, 0.25) is 129 Å². The molecule has 0 spiro atoms. The quantitative estimate of drug-likeness (QED) is 0.0156. The lowest BCUT2D eigenvalue weighted by molar-refractivity contribution is 0.299. The van der Waals surface area contributed by atoms with Gasteiger partial charge in [-0.25, -0.2) is 0 Å². The van der Waals surface area contributed by atoms with Gasteiger partial charge in [-0.3, -0.25) is 0 Å². The molecule has 12 nitrogen and oxygen atoms in total. The van der Waals surface area contributed by atoms with Crippen LogP contribution < -0.4 is 28.4 Å². The summed E-state index contributed by atoms with van der Waals surface area (Å²) in [6, 6.07) is 91.1. The highest BCUT2D eigenvalue weighted by atomic mass is 32.2. The van der Waals surface area contributed by atoms with Gasteiger partial charge >= 0.3 is 34.2 Å². The van der Waals surface area contributed by atoms with Gasteiger partial charge in [0.2, 0.25) is 9.16 Å². The molecule has 0 saturated heterocycles. The minimum atomic E-state index is -2.62. The summed E-state index contributed by atoms with van der Waals surface area (Å²) in [5.74, 6) is 5.43. The highest BCUT2D eigenvalue weighted by molar-refractivity contribution is 8.12. The van der Waals surface area contributed by atoms with E-state index in [4.69, 9.17) is 53.1 Å². The molecule has 140 heavy (non-hydrogen) atoms. The summed E-state index contributed by atoms with van der Waals surface area (Å²) in [6.07, 6.45) is 17.0. The van der Waals surface area contributed by atoms with Crippen molar-refractivity contribution in [3.8, 4) is 112 Å². The van der Waals surface area contributed by atoms with Crippen molar-refractivity contribution in [3.05, 3.63) is 263 Å². The Morgan fingerprint density at radius 2 is 0.450 bits per heavy atom. The molecule has 0 saturated carbocycles. The van der Waals surface area contributed by atoms with E-state index in [-0.39, 0.29) is 9.16 Å². The first kappa shape index (κ1) is 109. The summed E-state index contributed by atoms with van der Waals surface area (Å²) in [5.41, 5.74) is 17.2. The maximum atomic E-state index is 7.52. The van der Waals surface area contributed by atoms with Crippen LogP contribution in [-0.4, -0.2) is 107 Å². The summed E-state index contributed by atoms with van der Waals surface area (Å²) in [5, 5.41) is 4.90. The second kappa shape index (κ2) is 51.1. The number of thiol groups is 2. The normalized spacial score (nSPS) is 15.7. The number of unbranched alkanes of at least 4 members (excludes halogenated alkanes) is 12. The molecule has 6 unspecified atom stereocenters. The highest BCUT2D eigenvalue weighted by Crippen LogP contribution is 2.60. The van der Waals surface area contributed by atoms with Crippen LogP contribution in [0.3, 0.4) is 0 Å². The molecule has 2 aliphatic rings. The fourth-order valence-corrected chi connectivity index (χ4v) is 65.0. The predicted molar refractivity (Wildman–Crippen MR) is 621 cm³/mol. The molecule has 0 bridgehead atoms. The first-order valence-electron chi connectivity index (χ1n) is 51.1. The molecule has 0 N–H and O–H groups in total. The zero-order valence-electron chi connectivity index (χ0n) is 86.2. The number of hydrogen-bond acceptors (Lipinski definition) is 16. The third-order valence-electron chi connectivity index (χ3n) is 24.7. The second-order valence-corrected chi connectivity index (χ2v) is 81.9. The molecule has 0 aliphatic carbocycles. The molecule has 0 radical (unpaired) electrons. The first-order chi connectivity index (χ1) is 67.1. The van der Waals surface area contributed by atoms with Crippen molar-refractivity contribution < 1.29 is 53.1 Å². The molecule has 6 atom stereocenters. The number of benzene rings is 10. The molecule has 4 heterocycles. The predicted octanol–water partition coefficient (Wildman–Crippen LogP) is 35.1. The van der Waals surface area contributed by atoms with Gasteiger partial charge < -0.3 is 53.1 Å². The summed E-state index contributed by atoms with van der Waals surface area (Å²) < 4.78 is 81.5. The summed E-state index contributed by atoms with van der Waals surface area (Å²) >= 11 is 10.6. The lowest BCUT2D eigenvalue weighted by Gasteiger charge is -2.43. The van der Waals surface area contributed by atoms with Gasteiger partial charge in [0.25, 0.3) is 0 Å². The fraction of sp³-hybridized carbons (Fsp3) is 0.404. The van der Waals surface area contributed by atoms with Gasteiger partial charge in [0, 0.05) is 45.8 Å². The average Bonchev–Trinajstić information content (AvgIpc) is 1.58. The van der Waals surface area contributed by atoms with Crippen molar-refractivity contribution in [1.82, 2.24) is 0 Å². The number of fused-ring (bicyclic) bond motifs is 2. The van der Waals surface area contributed by atoms with E-state index in [1.165, 1.54) is 131 Å². The second-order valence-electron chi connectivity index (χ2n) is 41.7. The number of hydrogen-bond donors (Lipinski definition) is 0. The van der Waals surface area contributed by atoms with Crippen LogP contribution in [-0.2, 0) is 48.2 Å². The zero-order valence-corrected chi connectivity index (χ0v) is 99.3. The molecule has 2 aliphatic heterocycles. The van der Waals surface area contributed by atoms with Crippen LogP contribution in [0, 0.1) is 0 Å². The SMILES string of the molecule is CCOc1ccc(-c2ccc(-c3ccc(OCCCCCC[Si](C)(O[Si](C)(C)C)O[Si](C)(CCCCCCOc4ccc(-c5csc(C6Sc7ccccc7[SH+]6)c5-c5c(-c6ccc(OCCCCCC[Si](C)(O[Si](C)(C)C)O[Si](C)(CCCCCCOc7ccc(-c8ccc(-c9ccc(OCC)cc9)cc8)cc7)O[Si](C)(C)C)cc6)csc5C5Sc6ccccc6[SH+]5)cc4)O[Si](C)(C)C)cc3)cc2)cc1. The molecule has 746 valence electrons. The van der Waals surface area contributed by atoms with E-state index >= 15 is 0 Å². The fourth-order valence-electron chi connectivity index (χ4n) is 19.0. The molecule has 12 aromatic rings. The smallest absolute Gasteiger partial charge is 0.315 e. The van der Waals surface area contributed by atoms with E-state index in [1.54, 1.807) is 0 Å². The van der Waals surface area contributed by atoms with Gasteiger partial charge in [0.1, 0.15) is 34.5 Å². The Morgan fingerprint density at radius 3 is 0.679 bits per heavy atom. The molecule has 14 rings (SSSR count). The maximum Gasteiger partial charge on any atom is 0.315 e. The monoisotopic (exact) mass is 2130 g/mol. The summed E-state index contributed by atoms with van der Waals surface area (Å²) in [6.45, 7) is 45.2.